The topological polar surface area (TPSA) is 27.0 Å². The van der Waals surface area contributed by atoms with Gasteiger partial charge in [-0.05, 0) is 50.5 Å². The summed E-state index contributed by atoms with van der Waals surface area (Å²) < 4.78 is 0. The zero-order chi connectivity index (χ0) is 15.5. The summed E-state index contributed by atoms with van der Waals surface area (Å²) in [6.07, 6.45) is 11.7. The molecule has 0 amide bonds. The summed E-state index contributed by atoms with van der Waals surface area (Å²) in [4.78, 5) is 2.60. The van der Waals surface area contributed by atoms with Crippen molar-refractivity contribution < 1.29 is 0 Å². The Morgan fingerprint density at radius 2 is 1.76 bits per heavy atom. The van der Waals surface area contributed by atoms with Crippen LogP contribution in [0.25, 0.3) is 0 Å². The Kier molecular flexibility index (Phi) is 5.72. The molecule has 3 atom stereocenters. The largest absolute Gasteiger partial charge is 0.299 e. The van der Waals surface area contributed by atoms with Crippen LogP contribution in [0.4, 0.5) is 0 Å². The van der Waals surface area contributed by atoms with Gasteiger partial charge in [0.05, 0.1) is 12.0 Å². The summed E-state index contributed by atoms with van der Waals surface area (Å²) in [5.41, 5.74) is 0.423. The molecule has 0 aliphatic heterocycles. The first-order valence-corrected chi connectivity index (χ1v) is 9.11. The summed E-state index contributed by atoms with van der Waals surface area (Å²) in [5.74, 6) is 1.03. The van der Waals surface area contributed by atoms with E-state index in [2.05, 4.69) is 38.8 Å². The van der Waals surface area contributed by atoms with Crippen molar-refractivity contribution >= 4 is 0 Å². The average Bonchev–Trinajstić information content (AvgIpc) is 2.54. The minimum atomic E-state index is 0.251. The second-order valence-corrected chi connectivity index (χ2v) is 8.11. The van der Waals surface area contributed by atoms with E-state index in [9.17, 15) is 5.26 Å². The van der Waals surface area contributed by atoms with Crippen LogP contribution in [-0.4, -0.2) is 24.0 Å². The molecule has 2 aliphatic carbocycles. The molecule has 2 nitrogen and oxygen atoms in total. The first kappa shape index (κ1) is 16.8. The van der Waals surface area contributed by atoms with Crippen LogP contribution in [0.2, 0.25) is 0 Å². The van der Waals surface area contributed by atoms with Gasteiger partial charge in [0, 0.05) is 12.1 Å². The van der Waals surface area contributed by atoms with Gasteiger partial charge in [0.2, 0.25) is 0 Å². The summed E-state index contributed by atoms with van der Waals surface area (Å²) in [5, 5.41) is 9.58. The number of nitriles is 1. The Bertz CT molecular complexity index is 362. The lowest BCUT2D eigenvalue weighted by molar-refractivity contribution is 0.0343. The van der Waals surface area contributed by atoms with Gasteiger partial charge in [0.25, 0.3) is 0 Å². The van der Waals surface area contributed by atoms with Crippen LogP contribution in [0.5, 0.6) is 0 Å². The monoisotopic (exact) mass is 290 g/mol. The number of hydrogen-bond acceptors (Lipinski definition) is 2. The van der Waals surface area contributed by atoms with E-state index in [-0.39, 0.29) is 5.92 Å². The Hall–Kier alpha value is -0.550. The number of hydrogen-bond donors (Lipinski definition) is 0. The van der Waals surface area contributed by atoms with Crippen molar-refractivity contribution in [2.75, 3.05) is 7.05 Å². The van der Waals surface area contributed by atoms with Gasteiger partial charge in [-0.15, -0.1) is 0 Å². The fourth-order valence-corrected chi connectivity index (χ4v) is 4.50. The number of rotatable bonds is 4. The van der Waals surface area contributed by atoms with Gasteiger partial charge in [-0.25, -0.2) is 0 Å². The molecule has 0 aromatic heterocycles. The van der Waals surface area contributed by atoms with E-state index in [1.165, 1.54) is 51.4 Å². The summed E-state index contributed by atoms with van der Waals surface area (Å²) >= 11 is 0. The normalized spacial score (nSPS) is 32.1. The third-order valence-corrected chi connectivity index (χ3v) is 6.67. The van der Waals surface area contributed by atoms with Crippen molar-refractivity contribution in [2.24, 2.45) is 17.3 Å². The van der Waals surface area contributed by atoms with Crippen molar-refractivity contribution in [2.45, 2.75) is 90.6 Å². The van der Waals surface area contributed by atoms with Crippen molar-refractivity contribution in [3.8, 4) is 6.07 Å². The molecule has 0 saturated heterocycles. The van der Waals surface area contributed by atoms with Gasteiger partial charge in [0.15, 0.2) is 0 Å². The highest BCUT2D eigenvalue weighted by Gasteiger charge is 2.40. The predicted molar refractivity (Wildman–Crippen MR) is 88.9 cm³/mol. The molecular weight excluding hydrogens is 256 g/mol. The molecule has 0 spiro atoms. The molecule has 120 valence electrons. The van der Waals surface area contributed by atoms with Crippen LogP contribution in [0.1, 0.15) is 78.6 Å². The van der Waals surface area contributed by atoms with Crippen molar-refractivity contribution in [3.05, 3.63) is 0 Å². The lowest BCUT2D eigenvalue weighted by Gasteiger charge is -2.47. The van der Waals surface area contributed by atoms with Crippen molar-refractivity contribution in [1.29, 1.82) is 5.26 Å². The van der Waals surface area contributed by atoms with Crippen LogP contribution >= 0.6 is 0 Å². The van der Waals surface area contributed by atoms with Gasteiger partial charge < -0.3 is 0 Å². The van der Waals surface area contributed by atoms with E-state index in [4.69, 9.17) is 0 Å². The van der Waals surface area contributed by atoms with Gasteiger partial charge >= 0.3 is 0 Å². The zero-order valence-corrected chi connectivity index (χ0v) is 14.6. The molecule has 2 rings (SSSR count). The minimum absolute atomic E-state index is 0.251. The smallest absolute Gasteiger partial charge is 0.0672 e. The Labute approximate surface area is 131 Å². The van der Waals surface area contributed by atoms with E-state index in [1.54, 1.807) is 0 Å². The third-order valence-electron chi connectivity index (χ3n) is 6.67. The van der Waals surface area contributed by atoms with E-state index in [0.717, 1.165) is 18.4 Å². The van der Waals surface area contributed by atoms with E-state index < -0.39 is 0 Å². The zero-order valence-electron chi connectivity index (χ0n) is 14.6. The molecule has 0 heterocycles. The Morgan fingerprint density at radius 3 is 2.33 bits per heavy atom. The third kappa shape index (κ3) is 3.81. The molecule has 2 aliphatic rings. The standard InChI is InChI=1S/C19H34N2/c1-5-19(2,3)16-12-11-15(14-20)18(13-16)21(4)17-9-7-6-8-10-17/h15-18H,5-13H2,1-4H3. The van der Waals surface area contributed by atoms with Gasteiger partial charge in [0.1, 0.15) is 0 Å². The van der Waals surface area contributed by atoms with Crippen molar-refractivity contribution in [1.82, 2.24) is 4.90 Å². The molecule has 0 N–H and O–H groups in total. The predicted octanol–water partition coefficient (Wildman–Crippen LogP) is 5.00. The molecule has 0 aromatic rings. The summed E-state index contributed by atoms with van der Waals surface area (Å²) in [6.45, 7) is 7.15. The maximum atomic E-state index is 9.58. The van der Waals surface area contributed by atoms with Crippen molar-refractivity contribution in [3.63, 3.8) is 0 Å². The summed E-state index contributed by atoms with van der Waals surface area (Å²) in [6, 6.07) is 3.84. The van der Waals surface area contributed by atoms with Crippen LogP contribution in [-0.2, 0) is 0 Å². The lowest BCUT2D eigenvalue weighted by Crippen LogP contribution is -2.49. The van der Waals surface area contributed by atoms with E-state index in [1.807, 2.05) is 0 Å². The molecule has 0 radical (unpaired) electrons. The minimum Gasteiger partial charge on any atom is -0.299 e. The highest BCUT2D eigenvalue weighted by atomic mass is 15.2. The lowest BCUT2D eigenvalue weighted by atomic mass is 9.65. The van der Waals surface area contributed by atoms with Crippen LogP contribution in [0, 0.1) is 28.6 Å². The Balaban J connectivity index is 2.07. The fourth-order valence-electron chi connectivity index (χ4n) is 4.50. The van der Waals surface area contributed by atoms with E-state index in [0.29, 0.717) is 11.5 Å². The Morgan fingerprint density at radius 1 is 1.10 bits per heavy atom. The molecule has 3 unspecified atom stereocenters. The van der Waals surface area contributed by atoms with Crippen LogP contribution < -0.4 is 0 Å². The van der Waals surface area contributed by atoms with Gasteiger partial charge in [-0.1, -0.05) is 46.5 Å². The maximum Gasteiger partial charge on any atom is 0.0672 e. The quantitative estimate of drug-likeness (QED) is 0.729. The molecule has 2 saturated carbocycles. The highest BCUT2D eigenvalue weighted by Crippen LogP contribution is 2.44. The molecule has 0 bridgehead atoms. The molecule has 21 heavy (non-hydrogen) atoms. The second-order valence-electron chi connectivity index (χ2n) is 8.11. The second kappa shape index (κ2) is 7.14. The highest BCUT2D eigenvalue weighted by molar-refractivity contribution is 5.00. The average molecular weight is 290 g/mol. The first-order valence-electron chi connectivity index (χ1n) is 9.11. The molecule has 0 aromatic carbocycles. The number of nitrogens with zero attached hydrogens (tertiary/aromatic N) is 2. The van der Waals surface area contributed by atoms with Crippen LogP contribution in [0.15, 0.2) is 0 Å². The van der Waals surface area contributed by atoms with E-state index >= 15 is 0 Å². The molecule has 2 fully saturated rings. The SMILES string of the molecule is CCC(C)(C)C1CCC(C#N)C(N(C)C2CCCCC2)C1. The maximum absolute atomic E-state index is 9.58. The molecular formula is C19H34N2. The fraction of sp³-hybridized carbons (Fsp3) is 0.947. The van der Waals surface area contributed by atoms with Crippen LogP contribution in [0.3, 0.4) is 0 Å². The molecule has 2 heteroatoms. The van der Waals surface area contributed by atoms with Gasteiger partial charge in [-0.2, -0.15) is 5.26 Å². The van der Waals surface area contributed by atoms with Gasteiger partial charge in [-0.3, -0.25) is 4.90 Å². The first-order chi connectivity index (χ1) is 9.99. The summed E-state index contributed by atoms with van der Waals surface area (Å²) in [7, 11) is 2.30.